The molecule has 1 heterocycles. The zero-order chi connectivity index (χ0) is 16.3. The van der Waals surface area contributed by atoms with E-state index < -0.39 is 0 Å². The Morgan fingerprint density at radius 1 is 1.04 bits per heavy atom. The molecular weight excluding hydrogens is 286 g/mol. The summed E-state index contributed by atoms with van der Waals surface area (Å²) in [5.41, 5.74) is 2.72. The van der Waals surface area contributed by atoms with Crippen LogP contribution in [0.2, 0.25) is 0 Å². The molecule has 0 saturated carbocycles. The third-order valence-corrected chi connectivity index (χ3v) is 3.63. The third-order valence-electron chi connectivity index (χ3n) is 3.63. The van der Waals surface area contributed by atoms with Crippen molar-refractivity contribution in [2.24, 2.45) is 0 Å². The molecule has 0 spiro atoms. The molecule has 2 N–H and O–H groups in total. The molecule has 0 saturated heterocycles. The zero-order valence-corrected chi connectivity index (χ0v) is 13.7. The Bertz CT molecular complexity index is 581. The Morgan fingerprint density at radius 2 is 1.87 bits per heavy atom. The Labute approximate surface area is 138 Å². The van der Waals surface area contributed by atoms with Crippen molar-refractivity contribution in [2.45, 2.75) is 32.6 Å². The van der Waals surface area contributed by atoms with Crippen LogP contribution in [0, 0.1) is 0 Å². The summed E-state index contributed by atoms with van der Waals surface area (Å²) in [7, 11) is 0. The van der Waals surface area contributed by atoms with E-state index in [1.165, 1.54) is 5.56 Å². The van der Waals surface area contributed by atoms with Gasteiger partial charge in [0, 0.05) is 13.1 Å². The molecule has 0 atom stereocenters. The number of nitrogens with zero attached hydrogens (tertiary/aromatic N) is 1. The van der Waals surface area contributed by atoms with Crippen LogP contribution in [0.4, 0.5) is 5.69 Å². The molecule has 122 valence electrons. The maximum Gasteiger partial charge on any atom is 0.269 e. The van der Waals surface area contributed by atoms with Crippen LogP contribution in [-0.4, -0.2) is 24.0 Å². The highest BCUT2D eigenvalue weighted by Gasteiger charge is 2.06. The van der Waals surface area contributed by atoms with Crippen LogP contribution in [0.3, 0.4) is 0 Å². The molecule has 0 aliphatic heterocycles. The van der Waals surface area contributed by atoms with Crippen molar-refractivity contribution < 1.29 is 4.79 Å². The number of carbonyl (C=O) groups excluding carboxylic acids is 1. The second-order valence-electron chi connectivity index (χ2n) is 5.56. The maximum atomic E-state index is 12.0. The molecule has 1 amide bonds. The summed E-state index contributed by atoms with van der Waals surface area (Å²) in [4.78, 5) is 16.3. The number of unbranched alkanes of at least 4 members (excludes halogenated alkanes) is 1. The number of rotatable bonds is 9. The first-order valence-corrected chi connectivity index (χ1v) is 8.31. The number of aromatic nitrogens is 1. The lowest BCUT2D eigenvalue weighted by Crippen LogP contribution is -2.25. The molecule has 0 bridgehead atoms. The first-order valence-electron chi connectivity index (χ1n) is 8.31. The molecule has 0 aliphatic rings. The number of aryl methyl sites for hydroxylation is 1. The van der Waals surface area contributed by atoms with Gasteiger partial charge in [0.2, 0.25) is 0 Å². The third kappa shape index (κ3) is 6.10. The van der Waals surface area contributed by atoms with Gasteiger partial charge in [-0.2, -0.15) is 0 Å². The lowest BCUT2D eigenvalue weighted by atomic mass is 10.1. The number of benzene rings is 1. The van der Waals surface area contributed by atoms with E-state index in [-0.39, 0.29) is 5.91 Å². The number of hydrogen-bond donors (Lipinski definition) is 2. The minimum Gasteiger partial charge on any atom is -0.384 e. The SMILES string of the molecule is CCCCNc1ccc(C(=O)NCCCc2ccccc2)nc1. The normalized spacial score (nSPS) is 10.3. The van der Waals surface area contributed by atoms with Crippen LogP contribution in [0.15, 0.2) is 48.7 Å². The molecule has 0 fully saturated rings. The van der Waals surface area contributed by atoms with Gasteiger partial charge >= 0.3 is 0 Å². The molecular formula is C19H25N3O. The zero-order valence-electron chi connectivity index (χ0n) is 13.7. The van der Waals surface area contributed by atoms with Gasteiger partial charge in [-0.15, -0.1) is 0 Å². The number of amides is 1. The van der Waals surface area contributed by atoms with E-state index in [2.05, 4.69) is 34.7 Å². The summed E-state index contributed by atoms with van der Waals surface area (Å²) >= 11 is 0. The van der Waals surface area contributed by atoms with E-state index in [1.807, 2.05) is 24.3 Å². The van der Waals surface area contributed by atoms with E-state index in [0.717, 1.165) is 37.9 Å². The van der Waals surface area contributed by atoms with Crippen molar-refractivity contribution >= 4 is 11.6 Å². The van der Waals surface area contributed by atoms with Crippen LogP contribution in [0.1, 0.15) is 42.2 Å². The number of hydrogen-bond acceptors (Lipinski definition) is 3. The van der Waals surface area contributed by atoms with Gasteiger partial charge in [0.25, 0.3) is 5.91 Å². The number of anilines is 1. The molecule has 2 rings (SSSR count). The van der Waals surface area contributed by atoms with Gasteiger partial charge in [0.05, 0.1) is 11.9 Å². The van der Waals surface area contributed by atoms with Crippen LogP contribution >= 0.6 is 0 Å². The van der Waals surface area contributed by atoms with Gasteiger partial charge in [0.15, 0.2) is 0 Å². The summed E-state index contributed by atoms with van der Waals surface area (Å²) in [6.45, 7) is 3.75. The lowest BCUT2D eigenvalue weighted by Gasteiger charge is -2.07. The van der Waals surface area contributed by atoms with E-state index in [0.29, 0.717) is 12.2 Å². The summed E-state index contributed by atoms with van der Waals surface area (Å²) < 4.78 is 0. The summed E-state index contributed by atoms with van der Waals surface area (Å²) in [5, 5.41) is 6.21. The molecule has 1 aromatic carbocycles. The first kappa shape index (κ1) is 17.0. The van der Waals surface area contributed by atoms with Gasteiger partial charge < -0.3 is 10.6 Å². The molecule has 0 unspecified atom stereocenters. The predicted molar refractivity (Wildman–Crippen MR) is 94.7 cm³/mol. The first-order chi connectivity index (χ1) is 11.3. The van der Waals surface area contributed by atoms with Gasteiger partial charge in [0.1, 0.15) is 5.69 Å². The quantitative estimate of drug-likeness (QED) is 0.695. The average molecular weight is 311 g/mol. The van der Waals surface area contributed by atoms with Crippen LogP contribution in [0.5, 0.6) is 0 Å². The fourth-order valence-corrected chi connectivity index (χ4v) is 2.27. The van der Waals surface area contributed by atoms with E-state index in [1.54, 1.807) is 12.3 Å². The predicted octanol–water partition coefficient (Wildman–Crippen LogP) is 3.66. The topological polar surface area (TPSA) is 54.0 Å². The number of nitrogens with one attached hydrogen (secondary N) is 2. The second kappa shape index (κ2) is 9.62. The van der Waals surface area contributed by atoms with Crippen LogP contribution < -0.4 is 10.6 Å². The highest BCUT2D eigenvalue weighted by molar-refractivity contribution is 5.92. The minimum atomic E-state index is -0.113. The van der Waals surface area contributed by atoms with E-state index in [4.69, 9.17) is 0 Å². The molecule has 0 aliphatic carbocycles. The molecule has 23 heavy (non-hydrogen) atoms. The number of pyridine rings is 1. The molecule has 2 aromatic rings. The van der Waals surface area contributed by atoms with E-state index >= 15 is 0 Å². The lowest BCUT2D eigenvalue weighted by molar-refractivity contribution is 0.0948. The van der Waals surface area contributed by atoms with Crippen LogP contribution in [-0.2, 0) is 6.42 Å². The van der Waals surface area contributed by atoms with Gasteiger partial charge in [-0.1, -0.05) is 43.7 Å². The summed E-state index contributed by atoms with van der Waals surface area (Å²) in [6, 6.07) is 14.0. The largest absolute Gasteiger partial charge is 0.384 e. The highest BCUT2D eigenvalue weighted by atomic mass is 16.1. The van der Waals surface area contributed by atoms with Crippen molar-refractivity contribution in [1.82, 2.24) is 10.3 Å². The molecule has 4 nitrogen and oxygen atoms in total. The smallest absolute Gasteiger partial charge is 0.269 e. The molecule has 4 heteroatoms. The van der Waals surface area contributed by atoms with Crippen molar-refractivity contribution in [3.05, 3.63) is 59.9 Å². The fourth-order valence-electron chi connectivity index (χ4n) is 2.27. The van der Waals surface area contributed by atoms with Gasteiger partial charge in [-0.25, -0.2) is 4.98 Å². The number of carbonyl (C=O) groups is 1. The Morgan fingerprint density at radius 3 is 2.57 bits per heavy atom. The Kier molecular flexibility index (Phi) is 7.11. The fraction of sp³-hybridized carbons (Fsp3) is 0.368. The van der Waals surface area contributed by atoms with E-state index in [9.17, 15) is 4.79 Å². The standard InChI is InChI=1S/C19H25N3O/c1-2-3-13-20-17-11-12-18(22-15-17)19(23)21-14-7-10-16-8-5-4-6-9-16/h4-6,8-9,11-12,15,20H,2-3,7,10,13-14H2,1H3,(H,21,23). The molecule has 0 radical (unpaired) electrons. The summed E-state index contributed by atoms with van der Waals surface area (Å²) in [5.74, 6) is -0.113. The second-order valence-corrected chi connectivity index (χ2v) is 5.56. The van der Waals surface area contributed by atoms with Gasteiger partial charge in [-0.05, 0) is 37.0 Å². The monoisotopic (exact) mass is 311 g/mol. The van der Waals surface area contributed by atoms with Crippen LogP contribution in [0.25, 0.3) is 0 Å². The Hall–Kier alpha value is -2.36. The van der Waals surface area contributed by atoms with Gasteiger partial charge in [-0.3, -0.25) is 4.79 Å². The average Bonchev–Trinajstić information content (AvgIpc) is 2.60. The van der Waals surface area contributed by atoms with Crippen molar-refractivity contribution in [1.29, 1.82) is 0 Å². The molecule has 1 aromatic heterocycles. The van der Waals surface area contributed by atoms with Crippen molar-refractivity contribution in [2.75, 3.05) is 18.4 Å². The minimum absolute atomic E-state index is 0.113. The van der Waals surface area contributed by atoms with Crippen molar-refractivity contribution in [3.8, 4) is 0 Å². The van der Waals surface area contributed by atoms with Crippen molar-refractivity contribution in [3.63, 3.8) is 0 Å². The summed E-state index contributed by atoms with van der Waals surface area (Å²) in [6.07, 6.45) is 5.89. The highest BCUT2D eigenvalue weighted by Crippen LogP contribution is 2.07. The maximum absolute atomic E-state index is 12.0. The Balaban J connectivity index is 1.70.